The van der Waals surface area contributed by atoms with Gasteiger partial charge in [-0.3, -0.25) is 14.5 Å². The first-order valence-corrected chi connectivity index (χ1v) is 11.8. The molecule has 0 bridgehead atoms. The number of benzene rings is 2. The SMILES string of the molecule is Cc1ccc(C2NC(=O)N(C)C3=C2C(=O)N(C(Cc2ccccc2)C(=O)NC2CC2)C3)c(C)c1. The van der Waals surface area contributed by atoms with Gasteiger partial charge in [-0.2, -0.15) is 0 Å². The molecule has 2 heterocycles. The number of hydrogen-bond donors (Lipinski definition) is 2. The van der Waals surface area contributed by atoms with Crippen LogP contribution in [0.5, 0.6) is 0 Å². The first-order chi connectivity index (χ1) is 16.3. The maximum Gasteiger partial charge on any atom is 0.322 e. The zero-order valence-electron chi connectivity index (χ0n) is 19.8. The number of hydrogen-bond acceptors (Lipinski definition) is 3. The molecule has 2 aliphatic heterocycles. The van der Waals surface area contributed by atoms with Crippen LogP contribution in [0, 0.1) is 13.8 Å². The molecule has 2 aromatic rings. The van der Waals surface area contributed by atoms with Crippen LogP contribution in [-0.4, -0.2) is 53.3 Å². The third-order valence-electron chi connectivity index (χ3n) is 7.00. The zero-order chi connectivity index (χ0) is 24.0. The molecule has 4 amide bonds. The fraction of sp³-hybridized carbons (Fsp3) is 0.370. The number of urea groups is 1. The Bertz CT molecular complexity index is 1190. The molecule has 2 aromatic carbocycles. The largest absolute Gasteiger partial charge is 0.352 e. The third kappa shape index (κ3) is 4.06. The highest BCUT2D eigenvalue weighted by Crippen LogP contribution is 2.38. The molecule has 3 aliphatic rings. The molecule has 176 valence electrons. The molecule has 0 aromatic heterocycles. The minimum Gasteiger partial charge on any atom is -0.352 e. The lowest BCUT2D eigenvalue weighted by molar-refractivity contribution is -0.136. The smallest absolute Gasteiger partial charge is 0.322 e. The summed E-state index contributed by atoms with van der Waals surface area (Å²) in [7, 11) is 1.68. The predicted molar refractivity (Wildman–Crippen MR) is 129 cm³/mol. The van der Waals surface area contributed by atoms with Crippen LogP contribution in [0.15, 0.2) is 59.8 Å². The summed E-state index contributed by atoms with van der Waals surface area (Å²) in [5, 5.41) is 6.09. The molecule has 0 spiro atoms. The van der Waals surface area contributed by atoms with Gasteiger partial charge in [0.1, 0.15) is 6.04 Å². The van der Waals surface area contributed by atoms with E-state index in [-0.39, 0.29) is 30.4 Å². The molecular weight excluding hydrogens is 428 g/mol. The van der Waals surface area contributed by atoms with Gasteiger partial charge in [0, 0.05) is 19.5 Å². The lowest BCUT2D eigenvalue weighted by atomic mass is 9.91. The lowest BCUT2D eigenvalue weighted by Crippen LogP contribution is -2.50. The second-order valence-corrected chi connectivity index (χ2v) is 9.58. The standard InChI is InChI=1S/C27H30N4O3/c1-16-9-12-20(17(2)13-16)24-23-22(30(3)27(34)29-24)15-31(26(23)33)21(25(32)28-19-10-11-19)14-18-7-5-4-6-8-18/h4-9,12-13,19,21,24H,10-11,14-15H2,1-3H3,(H,28,32)(H,29,34). The van der Waals surface area contributed by atoms with Crippen molar-refractivity contribution in [3.05, 3.63) is 82.1 Å². The molecule has 1 saturated carbocycles. The van der Waals surface area contributed by atoms with Crippen LogP contribution in [0.3, 0.4) is 0 Å². The van der Waals surface area contributed by atoms with Gasteiger partial charge in [0.15, 0.2) is 0 Å². The minimum absolute atomic E-state index is 0.135. The minimum atomic E-state index is -0.649. The van der Waals surface area contributed by atoms with E-state index in [1.165, 1.54) is 4.90 Å². The highest BCUT2D eigenvalue weighted by molar-refractivity contribution is 6.03. The van der Waals surface area contributed by atoms with Gasteiger partial charge < -0.3 is 15.5 Å². The summed E-state index contributed by atoms with van der Waals surface area (Å²) < 4.78 is 0. The zero-order valence-corrected chi connectivity index (χ0v) is 19.8. The van der Waals surface area contributed by atoms with E-state index in [4.69, 9.17) is 0 Å². The summed E-state index contributed by atoms with van der Waals surface area (Å²) >= 11 is 0. The second kappa shape index (κ2) is 8.63. The second-order valence-electron chi connectivity index (χ2n) is 9.58. The molecule has 0 saturated heterocycles. The highest BCUT2D eigenvalue weighted by Gasteiger charge is 2.46. The Morgan fingerprint density at radius 3 is 2.53 bits per heavy atom. The summed E-state index contributed by atoms with van der Waals surface area (Å²) in [6.45, 7) is 4.24. The Labute approximate surface area is 199 Å². The molecule has 2 atom stereocenters. The number of carbonyl (C=O) groups is 3. The average Bonchev–Trinajstić information content (AvgIpc) is 3.56. The molecule has 5 rings (SSSR count). The van der Waals surface area contributed by atoms with E-state index in [1.807, 2.05) is 56.3 Å². The van der Waals surface area contributed by atoms with E-state index in [2.05, 4.69) is 16.7 Å². The van der Waals surface area contributed by atoms with Crippen molar-refractivity contribution in [2.24, 2.45) is 0 Å². The Morgan fingerprint density at radius 2 is 1.85 bits per heavy atom. The van der Waals surface area contributed by atoms with Crippen LogP contribution in [0.1, 0.15) is 41.1 Å². The molecule has 34 heavy (non-hydrogen) atoms. The van der Waals surface area contributed by atoms with E-state index in [0.29, 0.717) is 17.7 Å². The molecular formula is C27H30N4O3. The Morgan fingerprint density at radius 1 is 1.12 bits per heavy atom. The van der Waals surface area contributed by atoms with E-state index in [9.17, 15) is 14.4 Å². The topological polar surface area (TPSA) is 81.8 Å². The normalized spacial score (nSPS) is 20.9. The summed E-state index contributed by atoms with van der Waals surface area (Å²) in [6, 6.07) is 14.5. The quantitative estimate of drug-likeness (QED) is 0.698. The third-order valence-corrected chi connectivity index (χ3v) is 7.00. The first kappa shape index (κ1) is 22.2. The predicted octanol–water partition coefficient (Wildman–Crippen LogP) is 2.99. The van der Waals surface area contributed by atoms with Gasteiger partial charge in [0.2, 0.25) is 5.91 Å². The van der Waals surface area contributed by atoms with Crippen molar-refractivity contribution in [3.8, 4) is 0 Å². The first-order valence-electron chi connectivity index (χ1n) is 11.8. The monoisotopic (exact) mass is 458 g/mol. The average molecular weight is 459 g/mol. The lowest BCUT2D eigenvalue weighted by Gasteiger charge is -2.31. The molecule has 2 N–H and O–H groups in total. The van der Waals surface area contributed by atoms with Gasteiger partial charge in [0.25, 0.3) is 5.91 Å². The van der Waals surface area contributed by atoms with Crippen LogP contribution < -0.4 is 10.6 Å². The Hall–Kier alpha value is -3.61. The summed E-state index contributed by atoms with van der Waals surface area (Å²) in [6.07, 6.45) is 2.37. The highest BCUT2D eigenvalue weighted by atomic mass is 16.2. The number of aryl methyl sites for hydroxylation is 2. The van der Waals surface area contributed by atoms with Crippen molar-refractivity contribution < 1.29 is 14.4 Å². The van der Waals surface area contributed by atoms with Crippen LogP contribution in [-0.2, 0) is 16.0 Å². The summed E-state index contributed by atoms with van der Waals surface area (Å²) in [5.74, 6) is -0.330. The fourth-order valence-electron chi connectivity index (χ4n) is 4.93. The summed E-state index contributed by atoms with van der Waals surface area (Å²) in [4.78, 5) is 43.2. The van der Waals surface area contributed by atoms with E-state index in [1.54, 1.807) is 11.9 Å². The van der Waals surface area contributed by atoms with Crippen LogP contribution in [0.2, 0.25) is 0 Å². The maximum atomic E-state index is 13.9. The number of nitrogens with one attached hydrogen (secondary N) is 2. The van der Waals surface area contributed by atoms with Gasteiger partial charge in [-0.05, 0) is 43.4 Å². The van der Waals surface area contributed by atoms with Gasteiger partial charge in [-0.15, -0.1) is 0 Å². The van der Waals surface area contributed by atoms with Crippen LogP contribution >= 0.6 is 0 Å². The van der Waals surface area contributed by atoms with Crippen LogP contribution in [0.4, 0.5) is 4.79 Å². The maximum absolute atomic E-state index is 13.9. The van der Waals surface area contributed by atoms with Crippen molar-refractivity contribution in [2.75, 3.05) is 13.6 Å². The Kier molecular flexibility index (Phi) is 5.63. The van der Waals surface area contributed by atoms with Crippen molar-refractivity contribution in [2.45, 2.75) is 51.2 Å². The Balaban J connectivity index is 1.50. The van der Waals surface area contributed by atoms with Gasteiger partial charge in [-0.1, -0.05) is 54.1 Å². The van der Waals surface area contributed by atoms with E-state index in [0.717, 1.165) is 35.1 Å². The molecule has 1 aliphatic carbocycles. The number of nitrogens with zero attached hydrogens (tertiary/aromatic N) is 2. The number of amides is 4. The van der Waals surface area contributed by atoms with Crippen molar-refractivity contribution in [3.63, 3.8) is 0 Å². The molecule has 2 unspecified atom stereocenters. The van der Waals surface area contributed by atoms with Crippen molar-refractivity contribution >= 4 is 17.8 Å². The fourth-order valence-corrected chi connectivity index (χ4v) is 4.93. The molecule has 0 radical (unpaired) electrons. The molecule has 1 fully saturated rings. The summed E-state index contributed by atoms with van der Waals surface area (Å²) in [5.41, 5.74) is 5.23. The van der Waals surface area contributed by atoms with Gasteiger partial charge in [-0.25, -0.2) is 4.79 Å². The molecule has 7 heteroatoms. The van der Waals surface area contributed by atoms with Crippen molar-refractivity contribution in [1.82, 2.24) is 20.4 Å². The van der Waals surface area contributed by atoms with Crippen LogP contribution in [0.25, 0.3) is 0 Å². The van der Waals surface area contributed by atoms with Gasteiger partial charge >= 0.3 is 6.03 Å². The number of rotatable bonds is 6. The van der Waals surface area contributed by atoms with Gasteiger partial charge in [0.05, 0.1) is 23.9 Å². The van der Waals surface area contributed by atoms with E-state index >= 15 is 0 Å². The van der Waals surface area contributed by atoms with E-state index < -0.39 is 12.1 Å². The molecule has 7 nitrogen and oxygen atoms in total. The number of carbonyl (C=O) groups excluding carboxylic acids is 3. The van der Waals surface area contributed by atoms with Crippen molar-refractivity contribution in [1.29, 1.82) is 0 Å². The number of likely N-dealkylation sites (N-methyl/N-ethyl adjacent to an activating group) is 1.